The van der Waals surface area contributed by atoms with Gasteiger partial charge in [0.25, 0.3) is 0 Å². The molecule has 0 bridgehead atoms. The Kier molecular flexibility index (Phi) is 4.20. The summed E-state index contributed by atoms with van der Waals surface area (Å²) in [4.78, 5) is 0. The fraction of sp³-hybridized carbons (Fsp3) is 0.0714. The van der Waals surface area contributed by atoms with E-state index in [1.54, 1.807) is 18.2 Å². The Balaban J connectivity index is 2.26. The van der Waals surface area contributed by atoms with Gasteiger partial charge >= 0.3 is 0 Å². The predicted molar refractivity (Wildman–Crippen MR) is 73.2 cm³/mol. The lowest BCUT2D eigenvalue weighted by Gasteiger charge is -2.12. The number of benzene rings is 2. The molecule has 2 aromatic rings. The van der Waals surface area contributed by atoms with E-state index in [1.807, 2.05) is 0 Å². The molecular formula is C14H11ClF2N2O. The topological polar surface area (TPSA) is 59.1 Å². The molecule has 3 N–H and O–H groups in total. The monoisotopic (exact) mass is 296 g/mol. The van der Waals surface area contributed by atoms with Crippen LogP contribution < -0.4 is 10.5 Å². The Hall–Kier alpha value is -2.14. The van der Waals surface area contributed by atoms with Gasteiger partial charge in [0.1, 0.15) is 18.2 Å². The van der Waals surface area contributed by atoms with Crippen molar-refractivity contribution in [2.75, 3.05) is 0 Å². The highest BCUT2D eigenvalue weighted by atomic mass is 35.5. The van der Waals surface area contributed by atoms with Crippen LogP contribution in [0.15, 0.2) is 36.4 Å². The van der Waals surface area contributed by atoms with Crippen LogP contribution in [0.4, 0.5) is 8.78 Å². The fourth-order valence-corrected chi connectivity index (χ4v) is 1.97. The standard InChI is InChI=1S/C14H11ClF2N2O/c15-9-4-2-6-11(12(9)14(18)19)20-7-8-3-1-5-10(16)13(8)17/h1-6H,7H2,(H3,18,19). The number of amidine groups is 1. The molecule has 0 radical (unpaired) electrons. The molecule has 2 aromatic carbocycles. The van der Waals surface area contributed by atoms with E-state index in [-0.39, 0.29) is 34.3 Å². The summed E-state index contributed by atoms with van der Waals surface area (Å²) < 4.78 is 32.0. The van der Waals surface area contributed by atoms with E-state index in [4.69, 9.17) is 27.5 Å². The molecule has 0 aromatic heterocycles. The first-order chi connectivity index (χ1) is 9.50. The normalized spacial score (nSPS) is 10.3. The van der Waals surface area contributed by atoms with Crippen molar-refractivity contribution in [3.8, 4) is 5.75 Å². The zero-order chi connectivity index (χ0) is 14.7. The van der Waals surface area contributed by atoms with Crippen molar-refractivity contribution in [3.63, 3.8) is 0 Å². The molecule has 20 heavy (non-hydrogen) atoms. The van der Waals surface area contributed by atoms with Crippen LogP contribution in [0.5, 0.6) is 5.75 Å². The molecule has 0 fully saturated rings. The lowest BCUT2D eigenvalue weighted by Crippen LogP contribution is -2.14. The number of nitrogens with one attached hydrogen (secondary N) is 1. The van der Waals surface area contributed by atoms with Crippen molar-refractivity contribution in [2.45, 2.75) is 6.61 Å². The summed E-state index contributed by atoms with van der Waals surface area (Å²) in [5.74, 6) is -1.91. The highest BCUT2D eigenvalue weighted by molar-refractivity contribution is 6.34. The molecule has 3 nitrogen and oxygen atoms in total. The first-order valence-electron chi connectivity index (χ1n) is 5.69. The molecule has 0 spiro atoms. The summed E-state index contributed by atoms with van der Waals surface area (Å²) in [6.07, 6.45) is 0. The van der Waals surface area contributed by atoms with E-state index < -0.39 is 11.6 Å². The largest absolute Gasteiger partial charge is 0.488 e. The SMILES string of the molecule is N=C(N)c1c(Cl)cccc1OCc1cccc(F)c1F. The molecule has 0 saturated carbocycles. The summed E-state index contributed by atoms with van der Waals surface area (Å²) in [5.41, 5.74) is 5.72. The van der Waals surface area contributed by atoms with Gasteiger partial charge in [-0.2, -0.15) is 0 Å². The second-order valence-corrected chi connectivity index (χ2v) is 4.44. The minimum Gasteiger partial charge on any atom is -0.488 e. The van der Waals surface area contributed by atoms with E-state index in [0.29, 0.717) is 0 Å². The number of nitrogens with two attached hydrogens (primary N) is 1. The smallest absolute Gasteiger partial charge is 0.165 e. The average molecular weight is 297 g/mol. The van der Waals surface area contributed by atoms with Gasteiger partial charge in [-0.25, -0.2) is 8.78 Å². The van der Waals surface area contributed by atoms with Gasteiger partial charge in [-0.3, -0.25) is 5.41 Å². The van der Waals surface area contributed by atoms with Crippen molar-refractivity contribution in [1.82, 2.24) is 0 Å². The number of hydrogen-bond acceptors (Lipinski definition) is 2. The number of rotatable bonds is 4. The third-order valence-corrected chi connectivity index (χ3v) is 2.97. The second kappa shape index (κ2) is 5.88. The van der Waals surface area contributed by atoms with E-state index in [2.05, 4.69) is 0 Å². The van der Waals surface area contributed by atoms with Crippen LogP contribution >= 0.6 is 11.6 Å². The van der Waals surface area contributed by atoms with Crippen molar-refractivity contribution in [2.24, 2.45) is 5.73 Å². The summed E-state index contributed by atoms with van der Waals surface area (Å²) in [5, 5.41) is 7.71. The van der Waals surface area contributed by atoms with E-state index in [1.165, 1.54) is 12.1 Å². The Morgan fingerprint density at radius 3 is 2.60 bits per heavy atom. The maximum atomic E-state index is 13.5. The Morgan fingerprint density at radius 1 is 1.20 bits per heavy atom. The van der Waals surface area contributed by atoms with Crippen LogP contribution in [-0.4, -0.2) is 5.84 Å². The van der Waals surface area contributed by atoms with Crippen LogP contribution in [-0.2, 0) is 6.61 Å². The van der Waals surface area contributed by atoms with Crippen molar-refractivity contribution >= 4 is 17.4 Å². The van der Waals surface area contributed by atoms with Gasteiger partial charge in [-0.1, -0.05) is 29.8 Å². The molecule has 0 atom stereocenters. The number of ether oxygens (including phenoxy) is 1. The van der Waals surface area contributed by atoms with Crippen LogP contribution in [0.3, 0.4) is 0 Å². The van der Waals surface area contributed by atoms with E-state index in [9.17, 15) is 8.78 Å². The van der Waals surface area contributed by atoms with Crippen molar-refractivity contribution < 1.29 is 13.5 Å². The average Bonchev–Trinajstić information content (AvgIpc) is 2.40. The van der Waals surface area contributed by atoms with Crippen molar-refractivity contribution in [1.29, 1.82) is 5.41 Å². The minimum absolute atomic E-state index is 0.0690. The lowest BCUT2D eigenvalue weighted by molar-refractivity contribution is 0.296. The third kappa shape index (κ3) is 2.88. The van der Waals surface area contributed by atoms with Crippen LogP contribution in [0.1, 0.15) is 11.1 Å². The molecule has 0 aliphatic carbocycles. The quantitative estimate of drug-likeness (QED) is 0.670. The summed E-state index contributed by atoms with van der Waals surface area (Å²) in [6, 6.07) is 8.57. The van der Waals surface area contributed by atoms with Gasteiger partial charge < -0.3 is 10.5 Å². The Labute approximate surface area is 119 Å². The molecule has 0 saturated heterocycles. The molecular weight excluding hydrogens is 286 g/mol. The molecule has 0 aliphatic rings. The van der Waals surface area contributed by atoms with Crippen LogP contribution in [0.2, 0.25) is 5.02 Å². The van der Waals surface area contributed by atoms with Crippen molar-refractivity contribution in [3.05, 3.63) is 64.2 Å². The summed E-state index contributed by atoms with van der Waals surface area (Å²) in [6.45, 7) is -0.190. The highest BCUT2D eigenvalue weighted by Crippen LogP contribution is 2.27. The van der Waals surface area contributed by atoms with Gasteiger partial charge in [-0.15, -0.1) is 0 Å². The maximum absolute atomic E-state index is 13.5. The zero-order valence-corrected chi connectivity index (χ0v) is 11.0. The fourth-order valence-electron chi connectivity index (χ4n) is 1.70. The predicted octanol–water partition coefficient (Wildman–Crippen LogP) is 3.48. The molecule has 2 rings (SSSR count). The first-order valence-corrected chi connectivity index (χ1v) is 6.07. The van der Waals surface area contributed by atoms with Crippen LogP contribution in [0, 0.1) is 17.0 Å². The highest BCUT2D eigenvalue weighted by Gasteiger charge is 2.13. The molecule has 0 heterocycles. The van der Waals surface area contributed by atoms with Gasteiger partial charge in [-0.05, 0) is 18.2 Å². The van der Waals surface area contributed by atoms with Gasteiger partial charge in [0.15, 0.2) is 11.6 Å². The number of hydrogen-bond donors (Lipinski definition) is 2. The zero-order valence-electron chi connectivity index (χ0n) is 10.3. The molecule has 0 aliphatic heterocycles. The lowest BCUT2D eigenvalue weighted by atomic mass is 10.1. The van der Waals surface area contributed by atoms with Gasteiger partial charge in [0.2, 0.25) is 0 Å². The van der Waals surface area contributed by atoms with Gasteiger partial charge in [0, 0.05) is 5.56 Å². The first kappa shape index (κ1) is 14.3. The van der Waals surface area contributed by atoms with E-state index >= 15 is 0 Å². The third-order valence-electron chi connectivity index (χ3n) is 2.66. The van der Waals surface area contributed by atoms with E-state index in [0.717, 1.165) is 6.07 Å². The second-order valence-electron chi connectivity index (χ2n) is 4.03. The van der Waals surface area contributed by atoms with Crippen LogP contribution in [0.25, 0.3) is 0 Å². The summed E-state index contributed by atoms with van der Waals surface area (Å²) >= 11 is 5.93. The maximum Gasteiger partial charge on any atom is 0.165 e. The van der Waals surface area contributed by atoms with Gasteiger partial charge in [0.05, 0.1) is 10.6 Å². The molecule has 6 heteroatoms. The molecule has 0 unspecified atom stereocenters. The Bertz CT molecular complexity index is 662. The Morgan fingerprint density at radius 2 is 1.90 bits per heavy atom. The summed E-state index contributed by atoms with van der Waals surface area (Å²) in [7, 11) is 0. The minimum atomic E-state index is -0.959. The number of halogens is 3. The molecule has 0 amide bonds. The molecule has 104 valence electrons. The number of nitrogen functional groups attached to an aromatic ring is 1.